The van der Waals surface area contributed by atoms with Crippen LogP contribution < -0.4 is 20.7 Å². The van der Waals surface area contributed by atoms with Gasteiger partial charge in [-0.15, -0.1) is 0 Å². The second kappa shape index (κ2) is 9.46. The minimum absolute atomic E-state index is 0.123. The van der Waals surface area contributed by atoms with E-state index in [0.717, 1.165) is 29.1 Å². The number of hydrogen-bond acceptors (Lipinski definition) is 4. The van der Waals surface area contributed by atoms with Gasteiger partial charge >= 0.3 is 0 Å². The Hall–Kier alpha value is -3.02. The third-order valence-corrected chi connectivity index (χ3v) is 4.07. The molecule has 0 bridgehead atoms. The molecule has 2 rings (SSSR count). The summed E-state index contributed by atoms with van der Waals surface area (Å²) in [6.45, 7) is 2.53. The maximum Gasteiger partial charge on any atom is 0.243 e. The van der Waals surface area contributed by atoms with E-state index < -0.39 is 5.91 Å². The molecular weight excluding hydrogens is 330 g/mol. The summed E-state index contributed by atoms with van der Waals surface area (Å²) in [6.07, 6.45) is 1.01. The average Bonchev–Trinajstić information content (AvgIpc) is 2.65. The minimum Gasteiger partial charge on any atom is -0.497 e. The molecular formula is C20H25N3O3. The highest BCUT2D eigenvalue weighted by Crippen LogP contribution is 2.20. The lowest BCUT2D eigenvalue weighted by atomic mass is 10.1. The molecule has 3 N–H and O–H groups in total. The van der Waals surface area contributed by atoms with Crippen LogP contribution in [0.4, 0.5) is 11.4 Å². The molecule has 2 aromatic rings. The molecule has 0 aliphatic heterocycles. The van der Waals surface area contributed by atoms with Crippen LogP contribution in [0.15, 0.2) is 48.5 Å². The van der Waals surface area contributed by atoms with Gasteiger partial charge in [0.15, 0.2) is 0 Å². The number of nitrogens with zero attached hydrogens (tertiary/aromatic N) is 1. The largest absolute Gasteiger partial charge is 0.497 e. The summed E-state index contributed by atoms with van der Waals surface area (Å²) in [5, 5.41) is 2.95. The number of rotatable bonds is 9. The molecule has 0 atom stereocenters. The first kappa shape index (κ1) is 19.3. The lowest BCUT2D eigenvalue weighted by Crippen LogP contribution is -2.35. The highest BCUT2D eigenvalue weighted by Gasteiger charge is 2.14. The zero-order chi connectivity index (χ0) is 18.9. The standard InChI is InChI=1S/C20H25N3O3/c1-3-15-6-4-5-7-18(15)22-20(25)14-23(13-12-19(21)24)16-8-10-17(26-2)11-9-16/h4-11H,3,12-14H2,1-2H3,(H2,21,24)(H,22,25). The maximum absolute atomic E-state index is 12.5. The molecule has 0 fully saturated rings. The van der Waals surface area contributed by atoms with Crippen LogP contribution >= 0.6 is 0 Å². The van der Waals surface area contributed by atoms with E-state index in [9.17, 15) is 9.59 Å². The number of hydrogen-bond donors (Lipinski definition) is 2. The maximum atomic E-state index is 12.5. The molecule has 138 valence electrons. The van der Waals surface area contributed by atoms with Gasteiger partial charge in [-0.25, -0.2) is 0 Å². The average molecular weight is 355 g/mol. The van der Waals surface area contributed by atoms with Crippen molar-refractivity contribution < 1.29 is 14.3 Å². The van der Waals surface area contributed by atoms with Gasteiger partial charge in [-0.1, -0.05) is 25.1 Å². The molecule has 0 spiro atoms. The summed E-state index contributed by atoms with van der Waals surface area (Å²) in [4.78, 5) is 25.5. The number of methoxy groups -OCH3 is 1. The molecule has 0 aliphatic carbocycles. The Balaban J connectivity index is 2.11. The van der Waals surface area contributed by atoms with Gasteiger partial charge in [0.2, 0.25) is 11.8 Å². The van der Waals surface area contributed by atoms with Crippen LogP contribution in [0.5, 0.6) is 5.75 Å². The van der Waals surface area contributed by atoms with E-state index in [1.807, 2.05) is 60.4 Å². The molecule has 0 heterocycles. The second-order valence-corrected chi connectivity index (χ2v) is 5.89. The monoisotopic (exact) mass is 355 g/mol. The van der Waals surface area contributed by atoms with Crippen LogP contribution in [0.3, 0.4) is 0 Å². The van der Waals surface area contributed by atoms with Gasteiger partial charge in [0.1, 0.15) is 5.75 Å². The summed E-state index contributed by atoms with van der Waals surface area (Å²) < 4.78 is 5.16. The van der Waals surface area contributed by atoms with Crippen LogP contribution in [0, 0.1) is 0 Å². The van der Waals surface area contributed by atoms with Gasteiger partial charge in [-0.2, -0.15) is 0 Å². The van der Waals surface area contributed by atoms with E-state index >= 15 is 0 Å². The van der Waals surface area contributed by atoms with E-state index in [1.54, 1.807) is 7.11 Å². The van der Waals surface area contributed by atoms with E-state index in [1.165, 1.54) is 0 Å². The second-order valence-electron chi connectivity index (χ2n) is 5.89. The lowest BCUT2D eigenvalue weighted by Gasteiger charge is -2.24. The molecule has 0 saturated carbocycles. The third kappa shape index (κ3) is 5.51. The number of primary amides is 1. The minimum atomic E-state index is -0.403. The van der Waals surface area contributed by atoms with Crippen molar-refractivity contribution in [2.45, 2.75) is 19.8 Å². The van der Waals surface area contributed by atoms with Crippen LogP contribution in [-0.2, 0) is 16.0 Å². The molecule has 0 radical (unpaired) electrons. The summed E-state index contributed by atoms with van der Waals surface area (Å²) >= 11 is 0. The predicted molar refractivity (Wildman–Crippen MR) is 103 cm³/mol. The zero-order valence-electron chi connectivity index (χ0n) is 15.2. The van der Waals surface area contributed by atoms with Crippen molar-refractivity contribution in [1.82, 2.24) is 0 Å². The van der Waals surface area contributed by atoms with Gasteiger partial charge in [-0.05, 0) is 42.3 Å². The summed E-state index contributed by atoms with van der Waals surface area (Å²) in [7, 11) is 1.60. The summed E-state index contributed by atoms with van der Waals surface area (Å²) in [5.74, 6) is 0.177. The Morgan fingerprint density at radius 3 is 2.42 bits per heavy atom. The van der Waals surface area contributed by atoms with Crippen molar-refractivity contribution in [2.75, 3.05) is 30.4 Å². The van der Waals surface area contributed by atoms with Crippen molar-refractivity contribution in [2.24, 2.45) is 5.73 Å². The third-order valence-electron chi connectivity index (χ3n) is 4.07. The molecule has 0 saturated heterocycles. The predicted octanol–water partition coefficient (Wildman–Crippen LogP) is 2.58. The molecule has 6 heteroatoms. The Bertz CT molecular complexity index is 744. The van der Waals surface area contributed by atoms with Crippen molar-refractivity contribution in [3.8, 4) is 5.75 Å². The van der Waals surface area contributed by atoms with Gasteiger partial charge in [0.05, 0.1) is 13.7 Å². The number of nitrogens with two attached hydrogens (primary N) is 1. The van der Waals surface area contributed by atoms with Crippen molar-refractivity contribution in [3.63, 3.8) is 0 Å². The lowest BCUT2D eigenvalue weighted by molar-refractivity contribution is -0.118. The summed E-state index contributed by atoms with van der Waals surface area (Å²) in [5.41, 5.74) is 7.98. The van der Waals surface area contributed by atoms with Gasteiger partial charge < -0.3 is 20.7 Å². The van der Waals surface area contributed by atoms with Crippen LogP contribution in [0.2, 0.25) is 0 Å². The van der Waals surface area contributed by atoms with E-state index in [0.29, 0.717) is 6.54 Å². The molecule has 2 aromatic carbocycles. The Morgan fingerprint density at radius 1 is 1.12 bits per heavy atom. The van der Waals surface area contributed by atoms with Crippen LogP contribution in [-0.4, -0.2) is 32.0 Å². The Morgan fingerprint density at radius 2 is 1.81 bits per heavy atom. The fourth-order valence-electron chi connectivity index (χ4n) is 2.65. The van der Waals surface area contributed by atoms with E-state index in [4.69, 9.17) is 10.5 Å². The summed E-state index contributed by atoms with van der Waals surface area (Å²) in [6, 6.07) is 15.1. The van der Waals surface area contributed by atoms with E-state index in [-0.39, 0.29) is 18.9 Å². The molecule has 0 aromatic heterocycles. The fraction of sp³-hybridized carbons (Fsp3) is 0.300. The Kier molecular flexibility index (Phi) is 7.02. The van der Waals surface area contributed by atoms with Crippen molar-refractivity contribution in [1.29, 1.82) is 0 Å². The molecule has 26 heavy (non-hydrogen) atoms. The first-order chi connectivity index (χ1) is 12.5. The molecule has 0 aliphatic rings. The van der Waals surface area contributed by atoms with E-state index in [2.05, 4.69) is 5.32 Å². The fourth-order valence-corrected chi connectivity index (χ4v) is 2.65. The number of benzene rings is 2. The molecule has 6 nitrogen and oxygen atoms in total. The smallest absolute Gasteiger partial charge is 0.243 e. The highest BCUT2D eigenvalue weighted by molar-refractivity contribution is 5.94. The van der Waals surface area contributed by atoms with Crippen LogP contribution in [0.25, 0.3) is 0 Å². The van der Waals surface area contributed by atoms with Gasteiger partial charge in [0, 0.05) is 24.3 Å². The molecule has 0 unspecified atom stereocenters. The SMILES string of the molecule is CCc1ccccc1NC(=O)CN(CCC(N)=O)c1ccc(OC)cc1. The van der Waals surface area contributed by atoms with Gasteiger partial charge in [-0.3, -0.25) is 9.59 Å². The van der Waals surface area contributed by atoms with Crippen molar-refractivity contribution in [3.05, 3.63) is 54.1 Å². The number of nitrogens with one attached hydrogen (secondary N) is 1. The number of ether oxygens (including phenoxy) is 1. The number of aryl methyl sites for hydroxylation is 1. The number of para-hydroxylation sites is 1. The number of amides is 2. The number of carbonyl (C=O) groups is 2. The zero-order valence-corrected chi connectivity index (χ0v) is 15.2. The first-order valence-electron chi connectivity index (χ1n) is 8.58. The Labute approximate surface area is 153 Å². The quantitative estimate of drug-likeness (QED) is 0.724. The van der Waals surface area contributed by atoms with Crippen molar-refractivity contribution >= 4 is 23.2 Å². The topological polar surface area (TPSA) is 84.7 Å². The number of carbonyl (C=O) groups excluding carboxylic acids is 2. The first-order valence-corrected chi connectivity index (χ1v) is 8.58. The molecule has 2 amide bonds. The normalized spacial score (nSPS) is 10.2. The highest BCUT2D eigenvalue weighted by atomic mass is 16.5. The number of anilines is 2. The van der Waals surface area contributed by atoms with Crippen LogP contribution in [0.1, 0.15) is 18.9 Å². The van der Waals surface area contributed by atoms with Gasteiger partial charge in [0.25, 0.3) is 0 Å².